The van der Waals surface area contributed by atoms with Crippen molar-refractivity contribution in [3.63, 3.8) is 0 Å². The summed E-state index contributed by atoms with van der Waals surface area (Å²) in [4.78, 5) is 10.8. The van der Waals surface area contributed by atoms with Crippen molar-refractivity contribution in [3.05, 3.63) is 65.2 Å². The van der Waals surface area contributed by atoms with Gasteiger partial charge in [-0.2, -0.15) is 0 Å². The van der Waals surface area contributed by atoms with Crippen LogP contribution in [0.5, 0.6) is 0 Å². The summed E-state index contributed by atoms with van der Waals surface area (Å²) in [6.45, 7) is 0.0397. The molecule has 0 bridgehead atoms. The van der Waals surface area contributed by atoms with Crippen LogP contribution in [0.1, 0.15) is 15.9 Å². The summed E-state index contributed by atoms with van der Waals surface area (Å²) in [5.41, 5.74) is 1.17. The molecule has 0 aliphatic rings. The first-order valence-corrected chi connectivity index (χ1v) is 8.43. The Morgan fingerprint density at radius 2 is 1.67 bits per heavy atom. The van der Waals surface area contributed by atoms with Crippen molar-refractivity contribution in [3.8, 4) is 0 Å². The highest BCUT2D eigenvalue weighted by molar-refractivity contribution is 7.89. The van der Waals surface area contributed by atoms with Gasteiger partial charge in [-0.15, -0.1) is 0 Å². The number of nitrogens with one attached hydrogen (secondary N) is 1. The summed E-state index contributed by atoms with van der Waals surface area (Å²) in [5, 5.41) is 0. The van der Waals surface area contributed by atoms with E-state index in [9.17, 15) is 22.0 Å². The largest absolute Gasteiger partial charge is 0.465 e. The van der Waals surface area contributed by atoms with Crippen LogP contribution in [0.15, 0.2) is 47.4 Å². The van der Waals surface area contributed by atoms with Gasteiger partial charge in [-0.05, 0) is 36.2 Å². The molecule has 0 heterocycles. The van der Waals surface area contributed by atoms with E-state index in [1.807, 2.05) is 0 Å². The first-order valence-electron chi connectivity index (χ1n) is 6.95. The van der Waals surface area contributed by atoms with E-state index < -0.39 is 32.5 Å². The van der Waals surface area contributed by atoms with Gasteiger partial charge in [0.25, 0.3) is 0 Å². The fourth-order valence-electron chi connectivity index (χ4n) is 2.02. The zero-order valence-corrected chi connectivity index (χ0v) is 13.6. The molecule has 2 aromatic rings. The molecular weight excluding hydrogens is 340 g/mol. The second-order valence-electron chi connectivity index (χ2n) is 4.94. The number of hydrogen-bond acceptors (Lipinski definition) is 4. The molecule has 128 valence electrons. The van der Waals surface area contributed by atoms with E-state index >= 15 is 0 Å². The van der Waals surface area contributed by atoms with Crippen molar-refractivity contribution in [2.45, 2.75) is 11.3 Å². The predicted molar refractivity (Wildman–Crippen MR) is 83.0 cm³/mol. The third-order valence-corrected chi connectivity index (χ3v) is 4.67. The van der Waals surface area contributed by atoms with Gasteiger partial charge in [-0.3, -0.25) is 0 Å². The molecule has 0 spiro atoms. The van der Waals surface area contributed by atoms with Gasteiger partial charge >= 0.3 is 5.97 Å². The standard InChI is InChI=1S/C16H15F2NO4S/c1-23-16(20)12-4-2-11(3-5-12)6-7-19-24(21,22)15-9-13(17)8-14(18)10-15/h2-5,8-10,19H,6-7H2,1H3. The number of carbonyl (C=O) groups is 1. The summed E-state index contributed by atoms with van der Waals surface area (Å²) in [5.74, 6) is -2.39. The normalized spacial score (nSPS) is 11.3. The highest BCUT2D eigenvalue weighted by atomic mass is 32.2. The summed E-state index contributed by atoms with van der Waals surface area (Å²) in [6.07, 6.45) is 0.346. The minimum atomic E-state index is -4.01. The van der Waals surface area contributed by atoms with Crippen LogP contribution in [0.2, 0.25) is 0 Å². The van der Waals surface area contributed by atoms with Gasteiger partial charge in [0.05, 0.1) is 17.6 Å². The minimum absolute atomic E-state index is 0.0397. The van der Waals surface area contributed by atoms with Crippen LogP contribution < -0.4 is 4.72 Å². The van der Waals surface area contributed by atoms with Gasteiger partial charge in [0.1, 0.15) is 11.6 Å². The van der Waals surface area contributed by atoms with Crippen molar-refractivity contribution in [2.24, 2.45) is 0 Å². The Morgan fingerprint density at radius 1 is 1.08 bits per heavy atom. The van der Waals surface area contributed by atoms with Crippen molar-refractivity contribution in [1.82, 2.24) is 4.72 Å². The Labute approximate surface area is 138 Å². The lowest BCUT2D eigenvalue weighted by molar-refractivity contribution is 0.0600. The number of benzene rings is 2. The van der Waals surface area contributed by atoms with Crippen LogP contribution in [-0.2, 0) is 21.2 Å². The maximum atomic E-state index is 13.1. The smallest absolute Gasteiger partial charge is 0.337 e. The van der Waals surface area contributed by atoms with Crippen molar-refractivity contribution in [2.75, 3.05) is 13.7 Å². The highest BCUT2D eigenvalue weighted by Crippen LogP contribution is 2.13. The summed E-state index contributed by atoms with van der Waals surface area (Å²) >= 11 is 0. The van der Waals surface area contributed by atoms with Crippen molar-refractivity contribution < 1.29 is 26.7 Å². The molecule has 2 rings (SSSR count). The lowest BCUT2D eigenvalue weighted by Crippen LogP contribution is -2.26. The number of esters is 1. The van der Waals surface area contributed by atoms with Crippen LogP contribution in [-0.4, -0.2) is 28.0 Å². The zero-order valence-electron chi connectivity index (χ0n) is 12.8. The van der Waals surface area contributed by atoms with Crippen molar-refractivity contribution >= 4 is 16.0 Å². The number of hydrogen-bond donors (Lipinski definition) is 1. The summed E-state index contributed by atoms with van der Waals surface area (Å²) in [6, 6.07) is 8.56. The maximum absolute atomic E-state index is 13.1. The molecule has 2 aromatic carbocycles. The Hall–Kier alpha value is -2.32. The van der Waals surface area contributed by atoms with Gasteiger partial charge < -0.3 is 4.74 Å². The number of halogens is 2. The van der Waals surface area contributed by atoms with E-state index in [1.54, 1.807) is 24.3 Å². The lowest BCUT2D eigenvalue weighted by Gasteiger charge is -2.08. The molecule has 8 heteroatoms. The van der Waals surface area contributed by atoms with Gasteiger partial charge in [0, 0.05) is 12.6 Å². The Kier molecular flexibility index (Phi) is 5.63. The lowest BCUT2D eigenvalue weighted by atomic mass is 10.1. The fraction of sp³-hybridized carbons (Fsp3) is 0.188. The van der Waals surface area contributed by atoms with Crippen LogP contribution >= 0.6 is 0 Å². The minimum Gasteiger partial charge on any atom is -0.465 e. The number of methoxy groups -OCH3 is 1. The average Bonchev–Trinajstić information content (AvgIpc) is 2.53. The second-order valence-corrected chi connectivity index (χ2v) is 6.71. The summed E-state index contributed by atoms with van der Waals surface area (Å²) in [7, 11) is -2.73. The molecule has 0 radical (unpaired) electrons. The van der Waals surface area contributed by atoms with Gasteiger partial charge in [-0.1, -0.05) is 12.1 Å². The molecule has 0 aliphatic heterocycles. The third-order valence-electron chi connectivity index (χ3n) is 3.23. The molecule has 0 unspecified atom stereocenters. The first-order chi connectivity index (χ1) is 11.3. The fourth-order valence-corrected chi connectivity index (χ4v) is 3.10. The van der Waals surface area contributed by atoms with Gasteiger partial charge in [0.15, 0.2) is 0 Å². The van der Waals surface area contributed by atoms with E-state index in [0.29, 0.717) is 18.1 Å². The maximum Gasteiger partial charge on any atom is 0.337 e. The van der Waals surface area contributed by atoms with Gasteiger partial charge in [0.2, 0.25) is 10.0 Å². The molecule has 0 fully saturated rings. The SMILES string of the molecule is COC(=O)c1ccc(CCNS(=O)(=O)c2cc(F)cc(F)c2)cc1. The van der Waals surface area contributed by atoms with E-state index in [2.05, 4.69) is 9.46 Å². The quantitative estimate of drug-likeness (QED) is 0.807. The van der Waals surface area contributed by atoms with E-state index in [1.165, 1.54) is 7.11 Å². The second kappa shape index (κ2) is 7.50. The molecule has 24 heavy (non-hydrogen) atoms. The molecule has 0 aromatic heterocycles. The van der Waals surface area contributed by atoms with E-state index in [4.69, 9.17) is 0 Å². The van der Waals surface area contributed by atoms with Crippen molar-refractivity contribution in [1.29, 1.82) is 0 Å². The predicted octanol–water partition coefficient (Wildman–Crippen LogP) is 2.27. The molecule has 0 amide bonds. The highest BCUT2D eigenvalue weighted by Gasteiger charge is 2.16. The molecule has 1 N–H and O–H groups in total. The molecule has 0 saturated carbocycles. The van der Waals surface area contributed by atoms with Crippen LogP contribution in [0, 0.1) is 11.6 Å². The number of carbonyl (C=O) groups excluding carboxylic acids is 1. The monoisotopic (exact) mass is 355 g/mol. The molecule has 0 saturated heterocycles. The topological polar surface area (TPSA) is 72.5 Å². The van der Waals surface area contributed by atoms with Crippen LogP contribution in [0.25, 0.3) is 0 Å². The molecule has 5 nitrogen and oxygen atoms in total. The van der Waals surface area contributed by atoms with E-state index in [0.717, 1.165) is 17.7 Å². The molecule has 0 aliphatic carbocycles. The van der Waals surface area contributed by atoms with E-state index in [-0.39, 0.29) is 6.54 Å². The molecular formula is C16H15F2NO4S. The number of rotatable bonds is 6. The number of sulfonamides is 1. The average molecular weight is 355 g/mol. The Bertz CT molecular complexity index is 815. The third kappa shape index (κ3) is 4.59. The molecule has 0 atom stereocenters. The Balaban J connectivity index is 1.99. The first kappa shape index (κ1) is 18.0. The Morgan fingerprint density at radius 3 is 2.21 bits per heavy atom. The number of ether oxygens (including phenoxy) is 1. The van der Waals surface area contributed by atoms with Crippen LogP contribution in [0.3, 0.4) is 0 Å². The zero-order chi connectivity index (χ0) is 17.7. The van der Waals surface area contributed by atoms with Crippen LogP contribution in [0.4, 0.5) is 8.78 Å². The van der Waals surface area contributed by atoms with Gasteiger partial charge in [-0.25, -0.2) is 26.7 Å². The summed E-state index contributed by atoms with van der Waals surface area (Å²) < 4.78 is 57.1.